The van der Waals surface area contributed by atoms with Gasteiger partial charge in [0.25, 0.3) is 0 Å². The third kappa shape index (κ3) is 1.63. The molecule has 0 aliphatic rings. The van der Waals surface area contributed by atoms with E-state index in [1.165, 1.54) is 10.9 Å². The van der Waals surface area contributed by atoms with E-state index in [-0.39, 0.29) is 29.4 Å². The smallest absolute Gasteiger partial charge is 0.143 e. The van der Waals surface area contributed by atoms with Gasteiger partial charge in [-0.3, -0.25) is 0 Å². The monoisotopic (exact) mass is 228 g/mol. The van der Waals surface area contributed by atoms with Crippen LogP contribution in [0.25, 0.3) is 16.7 Å². The minimum atomic E-state index is -0.182. The highest BCUT2D eigenvalue weighted by atomic mass is 16.3. The van der Waals surface area contributed by atoms with Gasteiger partial charge in [-0.1, -0.05) is 18.2 Å². The van der Waals surface area contributed by atoms with Crippen LogP contribution in [0.3, 0.4) is 0 Å². The van der Waals surface area contributed by atoms with E-state index >= 15 is 0 Å². The van der Waals surface area contributed by atoms with Gasteiger partial charge in [-0.15, -0.1) is 15.0 Å². The molecule has 1 aromatic heterocycles. The molecule has 0 saturated heterocycles. The standard InChI is InChI=1S/C13H11N3O/c1-9-6-7-13(17)12(8-9)16-14-10-4-2-3-5-11(10)15-16/h2-8,17H,1H3/i2D,3D,4D. The van der Waals surface area contributed by atoms with Crippen LogP contribution in [-0.4, -0.2) is 20.1 Å². The molecule has 2 aromatic carbocycles. The Balaban J connectivity index is 2.28. The summed E-state index contributed by atoms with van der Waals surface area (Å²) in [6.07, 6.45) is 0. The highest BCUT2D eigenvalue weighted by Gasteiger charge is 2.08. The molecule has 84 valence electrons. The minimum absolute atomic E-state index is 0.0274. The second-order valence-electron chi connectivity index (χ2n) is 3.75. The van der Waals surface area contributed by atoms with Gasteiger partial charge in [0.2, 0.25) is 0 Å². The number of hydrogen-bond acceptors (Lipinski definition) is 3. The SMILES string of the molecule is [2H]c1cc2nn(-c3cc(C)ccc3O)nc2c([2H])c1[2H]. The summed E-state index contributed by atoms with van der Waals surface area (Å²) in [7, 11) is 0. The van der Waals surface area contributed by atoms with Crippen molar-refractivity contribution in [3.05, 3.63) is 48.0 Å². The fraction of sp³-hybridized carbons (Fsp3) is 0.0769. The van der Waals surface area contributed by atoms with Crippen LogP contribution in [0.1, 0.15) is 9.68 Å². The van der Waals surface area contributed by atoms with Crippen molar-refractivity contribution in [2.24, 2.45) is 0 Å². The lowest BCUT2D eigenvalue weighted by atomic mass is 10.2. The summed E-state index contributed by atoms with van der Waals surface area (Å²) in [5.41, 5.74) is 1.94. The normalized spacial score (nSPS) is 13.4. The van der Waals surface area contributed by atoms with Gasteiger partial charge in [0.1, 0.15) is 22.5 Å². The summed E-state index contributed by atoms with van der Waals surface area (Å²) >= 11 is 0. The Morgan fingerprint density at radius 2 is 2.00 bits per heavy atom. The Morgan fingerprint density at radius 3 is 2.88 bits per heavy atom. The molecule has 1 N–H and O–H groups in total. The number of benzene rings is 2. The molecule has 1 heterocycles. The van der Waals surface area contributed by atoms with Crippen molar-refractivity contribution in [2.45, 2.75) is 6.92 Å². The van der Waals surface area contributed by atoms with Crippen LogP contribution in [0.5, 0.6) is 5.75 Å². The molecule has 17 heavy (non-hydrogen) atoms. The molecule has 3 rings (SSSR count). The number of hydrogen-bond donors (Lipinski definition) is 1. The Bertz CT molecular complexity index is 829. The second kappa shape index (κ2) is 3.59. The second-order valence-corrected chi connectivity index (χ2v) is 3.75. The molecule has 0 saturated carbocycles. The van der Waals surface area contributed by atoms with Crippen LogP contribution in [0.15, 0.2) is 42.4 Å². The number of aryl methyl sites for hydroxylation is 1. The van der Waals surface area contributed by atoms with Gasteiger partial charge in [0, 0.05) is 0 Å². The first kappa shape index (κ1) is 7.06. The maximum Gasteiger partial charge on any atom is 0.143 e. The molecule has 4 nitrogen and oxygen atoms in total. The Labute approximate surface area is 102 Å². The number of phenols is 1. The zero-order valence-corrected chi connectivity index (χ0v) is 9.10. The molecule has 0 fully saturated rings. The number of fused-ring (bicyclic) bond motifs is 1. The molecular weight excluding hydrogens is 214 g/mol. The van der Waals surface area contributed by atoms with Gasteiger partial charge in [0.05, 0.1) is 4.11 Å². The third-order valence-electron chi connectivity index (χ3n) is 2.45. The summed E-state index contributed by atoms with van der Waals surface area (Å²) in [6, 6.07) is 6.05. The van der Waals surface area contributed by atoms with Crippen LogP contribution in [0.2, 0.25) is 0 Å². The number of aromatic nitrogens is 3. The van der Waals surface area contributed by atoms with Gasteiger partial charge in [-0.2, -0.15) is 0 Å². The van der Waals surface area contributed by atoms with Crippen molar-refractivity contribution in [2.75, 3.05) is 0 Å². The minimum Gasteiger partial charge on any atom is -0.506 e. The van der Waals surface area contributed by atoms with E-state index in [9.17, 15) is 5.11 Å². The third-order valence-corrected chi connectivity index (χ3v) is 2.45. The molecule has 4 heteroatoms. The van der Waals surface area contributed by atoms with E-state index in [0.29, 0.717) is 11.2 Å². The predicted molar refractivity (Wildman–Crippen MR) is 65.3 cm³/mol. The molecule has 0 aliphatic carbocycles. The van der Waals surface area contributed by atoms with E-state index in [1.54, 1.807) is 18.2 Å². The van der Waals surface area contributed by atoms with Gasteiger partial charge < -0.3 is 5.11 Å². The first-order chi connectivity index (χ1) is 9.47. The highest BCUT2D eigenvalue weighted by molar-refractivity contribution is 5.73. The largest absolute Gasteiger partial charge is 0.506 e. The molecule has 0 unspecified atom stereocenters. The van der Waals surface area contributed by atoms with Gasteiger partial charge >= 0.3 is 0 Å². The first-order valence-electron chi connectivity index (χ1n) is 6.61. The van der Waals surface area contributed by atoms with E-state index in [4.69, 9.17) is 4.11 Å². The van der Waals surface area contributed by atoms with Crippen LogP contribution in [0, 0.1) is 6.92 Å². The maximum absolute atomic E-state index is 9.87. The lowest BCUT2D eigenvalue weighted by molar-refractivity contribution is 0.467. The summed E-state index contributed by atoms with van der Waals surface area (Å²) in [6.45, 7) is 1.88. The topological polar surface area (TPSA) is 50.9 Å². The average molecular weight is 228 g/mol. The van der Waals surface area contributed by atoms with Gasteiger partial charge in [0.15, 0.2) is 0 Å². The molecule has 0 radical (unpaired) electrons. The predicted octanol–water partition coefficient (Wildman–Crippen LogP) is 2.43. The summed E-state index contributed by atoms with van der Waals surface area (Å²) in [4.78, 5) is 1.23. The number of aromatic hydroxyl groups is 1. The Hall–Kier alpha value is -2.36. The molecule has 0 aliphatic heterocycles. The molecule has 0 bridgehead atoms. The van der Waals surface area contributed by atoms with Crippen LogP contribution in [0.4, 0.5) is 0 Å². The van der Waals surface area contributed by atoms with Crippen molar-refractivity contribution in [3.63, 3.8) is 0 Å². The average Bonchev–Trinajstić information content (AvgIpc) is 2.83. The fourth-order valence-corrected chi connectivity index (χ4v) is 1.61. The summed E-state index contributed by atoms with van der Waals surface area (Å²) < 4.78 is 23.0. The van der Waals surface area contributed by atoms with E-state index in [2.05, 4.69) is 10.2 Å². The van der Waals surface area contributed by atoms with Gasteiger partial charge in [-0.05, 0) is 36.7 Å². The Morgan fingerprint density at radius 1 is 1.18 bits per heavy atom. The highest BCUT2D eigenvalue weighted by Crippen LogP contribution is 2.22. The molecule has 3 aromatic rings. The van der Waals surface area contributed by atoms with E-state index in [1.807, 2.05) is 6.92 Å². The zero-order chi connectivity index (χ0) is 14.4. The zero-order valence-electron chi connectivity index (χ0n) is 12.1. The lowest BCUT2D eigenvalue weighted by Gasteiger charge is -2.03. The van der Waals surface area contributed by atoms with Crippen molar-refractivity contribution >= 4 is 11.0 Å². The molecule has 0 spiro atoms. The number of rotatable bonds is 1. The van der Waals surface area contributed by atoms with Crippen molar-refractivity contribution < 1.29 is 9.22 Å². The fourth-order valence-electron chi connectivity index (χ4n) is 1.61. The van der Waals surface area contributed by atoms with Gasteiger partial charge in [-0.25, -0.2) is 0 Å². The number of phenolic OH excluding ortho intramolecular Hbond substituents is 1. The van der Waals surface area contributed by atoms with E-state index in [0.717, 1.165) is 5.56 Å². The van der Waals surface area contributed by atoms with E-state index < -0.39 is 0 Å². The summed E-state index contributed by atoms with van der Waals surface area (Å²) in [5, 5.41) is 18.2. The summed E-state index contributed by atoms with van der Waals surface area (Å²) in [5.74, 6) is 0.0274. The van der Waals surface area contributed by atoms with Crippen LogP contribution >= 0.6 is 0 Å². The quantitative estimate of drug-likeness (QED) is 0.696. The lowest BCUT2D eigenvalue weighted by Crippen LogP contribution is -1.99. The maximum atomic E-state index is 9.87. The Kier molecular flexibility index (Phi) is 1.49. The first-order valence-corrected chi connectivity index (χ1v) is 5.11. The molecule has 0 atom stereocenters. The van der Waals surface area contributed by atoms with Crippen molar-refractivity contribution in [1.82, 2.24) is 15.0 Å². The van der Waals surface area contributed by atoms with Crippen LogP contribution in [-0.2, 0) is 0 Å². The van der Waals surface area contributed by atoms with Crippen molar-refractivity contribution in [1.29, 1.82) is 0 Å². The number of nitrogens with zero attached hydrogens (tertiary/aromatic N) is 3. The molecular formula is C13H11N3O. The van der Waals surface area contributed by atoms with Crippen LogP contribution < -0.4 is 0 Å². The molecule has 0 amide bonds. The van der Waals surface area contributed by atoms with Crippen molar-refractivity contribution in [3.8, 4) is 11.4 Å².